The lowest BCUT2D eigenvalue weighted by Crippen LogP contribution is -2.60. The van der Waals surface area contributed by atoms with Crippen LogP contribution in [-0.4, -0.2) is 23.3 Å². The molecule has 2 heterocycles. The van der Waals surface area contributed by atoms with E-state index in [1.54, 1.807) is 0 Å². The van der Waals surface area contributed by atoms with E-state index in [1.807, 2.05) is 0 Å². The molecule has 2 bridgehead atoms. The molecule has 2 aliphatic heterocycles. The van der Waals surface area contributed by atoms with E-state index >= 15 is 0 Å². The molecule has 2 aliphatic carbocycles. The van der Waals surface area contributed by atoms with E-state index in [2.05, 4.69) is 6.92 Å². The molecule has 0 aromatic rings. The van der Waals surface area contributed by atoms with Crippen LogP contribution in [0.2, 0.25) is 0 Å². The molecule has 0 aromatic carbocycles. The first-order valence-electron chi connectivity index (χ1n) is 7.35. The van der Waals surface area contributed by atoms with Gasteiger partial charge in [0.25, 0.3) is 0 Å². The molecular weight excluding hydrogens is 228 g/mol. The van der Waals surface area contributed by atoms with Gasteiger partial charge in [-0.05, 0) is 32.6 Å². The van der Waals surface area contributed by atoms with Gasteiger partial charge in [-0.25, -0.2) is 0 Å². The lowest BCUT2D eigenvalue weighted by atomic mass is 9.50. The van der Waals surface area contributed by atoms with Crippen LogP contribution >= 0.6 is 0 Å². The second kappa shape index (κ2) is 3.24. The van der Waals surface area contributed by atoms with Crippen molar-refractivity contribution in [2.75, 3.05) is 0 Å². The maximum absolute atomic E-state index is 12.6. The van der Waals surface area contributed by atoms with Crippen molar-refractivity contribution in [3.63, 3.8) is 0 Å². The zero-order valence-corrected chi connectivity index (χ0v) is 10.9. The topological polar surface area (TPSA) is 43.4 Å². The number of rotatable bonds is 0. The van der Waals surface area contributed by atoms with Crippen LogP contribution in [0.25, 0.3) is 0 Å². The molecule has 0 radical (unpaired) electrons. The number of fused-ring (bicyclic) bond motifs is 3. The molecule has 0 amide bonds. The summed E-state index contributed by atoms with van der Waals surface area (Å²) in [5.41, 5.74) is -0.792. The molecule has 0 aromatic heterocycles. The predicted molar refractivity (Wildman–Crippen MR) is 65.0 cm³/mol. The van der Waals surface area contributed by atoms with E-state index in [1.165, 1.54) is 0 Å². The van der Waals surface area contributed by atoms with Gasteiger partial charge in [0, 0.05) is 12.3 Å². The van der Waals surface area contributed by atoms with Crippen LogP contribution in [0.3, 0.4) is 0 Å². The maximum atomic E-state index is 12.6. The van der Waals surface area contributed by atoms with Crippen molar-refractivity contribution in [3.8, 4) is 0 Å². The number of carbonyl (C=O) groups excluding carboxylic acids is 2. The monoisotopic (exact) mass is 248 g/mol. The van der Waals surface area contributed by atoms with Crippen molar-refractivity contribution < 1.29 is 14.3 Å². The molecule has 4 fully saturated rings. The Balaban J connectivity index is 1.86. The van der Waals surface area contributed by atoms with Gasteiger partial charge in [-0.15, -0.1) is 0 Å². The third kappa shape index (κ3) is 0.987. The Morgan fingerprint density at radius 3 is 2.78 bits per heavy atom. The van der Waals surface area contributed by atoms with Gasteiger partial charge >= 0.3 is 0 Å². The van der Waals surface area contributed by atoms with Gasteiger partial charge in [0.1, 0.15) is 11.9 Å². The highest BCUT2D eigenvalue weighted by Crippen LogP contribution is 2.66. The normalized spacial score (nSPS) is 54.4. The molecular formula is C15H20O3. The summed E-state index contributed by atoms with van der Waals surface area (Å²) in [5, 5.41) is 0. The molecule has 4 aliphatic rings. The highest BCUT2D eigenvalue weighted by atomic mass is 16.5. The Morgan fingerprint density at radius 2 is 1.94 bits per heavy atom. The maximum Gasteiger partial charge on any atom is 0.170 e. The largest absolute Gasteiger partial charge is 0.362 e. The Bertz CT molecular complexity index is 443. The predicted octanol–water partition coefficient (Wildman–Crippen LogP) is 2.27. The number of carbonyl (C=O) groups is 2. The minimum absolute atomic E-state index is 0.0271. The van der Waals surface area contributed by atoms with Crippen LogP contribution in [0.1, 0.15) is 51.9 Å². The Hall–Kier alpha value is -0.700. The van der Waals surface area contributed by atoms with Crippen LogP contribution in [0.4, 0.5) is 0 Å². The summed E-state index contributed by atoms with van der Waals surface area (Å²) in [6.07, 6.45) is 6.42. The van der Waals surface area contributed by atoms with Crippen LogP contribution in [0, 0.1) is 17.3 Å². The molecule has 0 unspecified atom stereocenters. The van der Waals surface area contributed by atoms with Crippen LogP contribution in [-0.2, 0) is 14.3 Å². The number of Topliss-reactive ketones (excluding diaryl/α,β-unsaturated/α-hetero) is 2. The van der Waals surface area contributed by atoms with E-state index in [4.69, 9.17) is 4.74 Å². The molecule has 0 N–H and O–H groups in total. The fourth-order valence-electron chi connectivity index (χ4n) is 5.33. The summed E-state index contributed by atoms with van der Waals surface area (Å²) in [6.45, 7) is 2.06. The summed E-state index contributed by atoms with van der Waals surface area (Å²) in [5.74, 6) is 0.900. The SMILES string of the molecule is C[C@]12CCCC[C@@]13O[C@@H](C2=O)[C@@H]1CCCC(=O)[C@@H]13. The first kappa shape index (κ1) is 11.2. The zero-order chi connectivity index (χ0) is 12.5. The lowest BCUT2D eigenvalue weighted by molar-refractivity contribution is -0.150. The summed E-state index contributed by atoms with van der Waals surface area (Å²) < 4.78 is 6.23. The minimum Gasteiger partial charge on any atom is -0.362 e. The van der Waals surface area contributed by atoms with Crippen molar-refractivity contribution in [1.29, 1.82) is 0 Å². The smallest absolute Gasteiger partial charge is 0.170 e. The fraction of sp³-hybridized carbons (Fsp3) is 0.867. The first-order chi connectivity index (χ1) is 8.60. The molecule has 3 nitrogen and oxygen atoms in total. The zero-order valence-electron chi connectivity index (χ0n) is 10.9. The van der Waals surface area contributed by atoms with Gasteiger partial charge in [-0.1, -0.05) is 12.8 Å². The molecule has 2 saturated heterocycles. The highest BCUT2D eigenvalue weighted by molar-refractivity contribution is 5.98. The fourth-order valence-corrected chi connectivity index (χ4v) is 5.33. The van der Waals surface area contributed by atoms with Gasteiger partial charge in [0.15, 0.2) is 5.78 Å². The van der Waals surface area contributed by atoms with Crippen molar-refractivity contribution in [2.24, 2.45) is 17.3 Å². The third-order valence-corrected chi connectivity index (χ3v) is 6.18. The van der Waals surface area contributed by atoms with E-state index in [0.29, 0.717) is 18.0 Å². The molecule has 3 heteroatoms. The molecule has 5 atom stereocenters. The molecule has 1 spiro atoms. The number of ether oxygens (including phenoxy) is 1. The summed E-state index contributed by atoms with van der Waals surface area (Å²) in [4.78, 5) is 25.0. The number of ketones is 2. The van der Waals surface area contributed by atoms with E-state index < -0.39 is 5.60 Å². The van der Waals surface area contributed by atoms with Gasteiger partial charge in [0.05, 0.1) is 16.9 Å². The lowest BCUT2D eigenvalue weighted by Gasteiger charge is -2.50. The van der Waals surface area contributed by atoms with Crippen LogP contribution in [0.5, 0.6) is 0 Å². The quantitative estimate of drug-likeness (QED) is 0.660. The van der Waals surface area contributed by atoms with Gasteiger partial charge in [0.2, 0.25) is 0 Å². The summed E-state index contributed by atoms with van der Waals surface area (Å²) in [7, 11) is 0. The van der Waals surface area contributed by atoms with E-state index in [-0.39, 0.29) is 23.4 Å². The Labute approximate surface area is 107 Å². The van der Waals surface area contributed by atoms with Gasteiger partial charge < -0.3 is 4.74 Å². The summed E-state index contributed by atoms with van der Waals surface area (Å²) >= 11 is 0. The van der Waals surface area contributed by atoms with Crippen molar-refractivity contribution in [3.05, 3.63) is 0 Å². The minimum atomic E-state index is -0.421. The van der Waals surface area contributed by atoms with E-state index in [0.717, 1.165) is 38.5 Å². The van der Waals surface area contributed by atoms with E-state index in [9.17, 15) is 9.59 Å². The second-order valence-corrected chi connectivity index (χ2v) is 6.83. The highest BCUT2D eigenvalue weighted by Gasteiger charge is 2.75. The van der Waals surface area contributed by atoms with Crippen molar-refractivity contribution in [1.82, 2.24) is 0 Å². The average molecular weight is 248 g/mol. The second-order valence-electron chi connectivity index (χ2n) is 6.83. The third-order valence-electron chi connectivity index (χ3n) is 6.18. The van der Waals surface area contributed by atoms with Crippen LogP contribution < -0.4 is 0 Å². The van der Waals surface area contributed by atoms with Crippen LogP contribution in [0.15, 0.2) is 0 Å². The van der Waals surface area contributed by atoms with Gasteiger partial charge in [-0.3, -0.25) is 9.59 Å². The first-order valence-corrected chi connectivity index (χ1v) is 7.35. The number of hydrogen-bond donors (Lipinski definition) is 0. The number of hydrogen-bond acceptors (Lipinski definition) is 3. The Kier molecular flexibility index (Phi) is 2.01. The van der Waals surface area contributed by atoms with Crippen molar-refractivity contribution in [2.45, 2.75) is 63.6 Å². The Morgan fingerprint density at radius 1 is 1.17 bits per heavy atom. The van der Waals surface area contributed by atoms with Gasteiger partial charge in [-0.2, -0.15) is 0 Å². The average Bonchev–Trinajstić information content (AvgIpc) is 2.80. The molecule has 98 valence electrons. The molecule has 2 saturated carbocycles. The standard InChI is InChI=1S/C15H20O3/c1-14-7-2-3-8-15(14)11-9(5-4-6-10(11)16)12(18-15)13(14)17/h9,11-12H,2-8H2,1H3/t9-,11-,12-,14-,15+/m1/s1. The summed E-state index contributed by atoms with van der Waals surface area (Å²) in [6, 6.07) is 0. The van der Waals surface area contributed by atoms with Crippen molar-refractivity contribution >= 4 is 11.6 Å². The molecule has 18 heavy (non-hydrogen) atoms. The molecule has 4 rings (SSSR count).